The van der Waals surface area contributed by atoms with Crippen molar-refractivity contribution in [2.75, 3.05) is 19.8 Å². The van der Waals surface area contributed by atoms with E-state index in [0.29, 0.717) is 19.8 Å². The molecule has 0 aliphatic heterocycles. The zero-order chi connectivity index (χ0) is 19.1. The van der Waals surface area contributed by atoms with Crippen LogP contribution in [0.3, 0.4) is 0 Å². The van der Waals surface area contributed by atoms with Gasteiger partial charge in [-0.15, -0.1) is 0 Å². The number of ketones is 1. The molecule has 0 aliphatic carbocycles. The summed E-state index contributed by atoms with van der Waals surface area (Å²) >= 11 is 0. The molecule has 0 rings (SSSR count). The van der Waals surface area contributed by atoms with Gasteiger partial charge in [0.15, 0.2) is 0 Å². The lowest BCUT2D eigenvalue weighted by Gasteiger charge is -1.96. The van der Waals surface area contributed by atoms with Crippen molar-refractivity contribution in [2.24, 2.45) is 0 Å². The summed E-state index contributed by atoms with van der Waals surface area (Å²) in [6.45, 7) is 13.2. The first kappa shape index (κ1) is 29.6. The number of carbonyl (C=O) groups is 3. The van der Waals surface area contributed by atoms with Crippen LogP contribution >= 0.6 is 0 Å². The molecule has 0 fully saturated rings. The molecule has 0 aliphatic rings. The fraction of sp³-hybridized carbons (Fsp3) is 0.824. The number of aliphatic hydroxyl groups excluding tert-OH is 1. The van der Waals surface area contributed by atoms with Crippen LogP contribution in [0.5, 0.6) is 0 Å². The number of hydrogen-bond acceptors (Lipinski definition) is 6. The van der Waals surface area contributed by atoms with Crippen LogP contribution < -0.4 is 0 Å². The Labute approximate surface area is 141 Å². The van der Waals surface area contributed by atoms with Gasteiger partial charge >= 0.3 is 11.9 Å². The van der Waals surface area contributed by atoms with E-state index in [1.165, 1.54) is 27.7 Å². The van der Waals surface area contributed by atoms with Gasteiger partial charge in [-0.3, -0.25) is 9.59 Å². The summed E-state index contributed by atoms with van der Waals surface area (Å²) in [4.78, 5) is 29.4. The number of aliphatic hydroxyl groups is 1. The number of Topliss-reactive ketones (excluding diaryl/α,β-unsaturated/α-hetero) is 1. The lowest BCUT2D eigenvalue weighted by molar-refractivity contribution is -0.141. The molecule has 0 aromatic carbocycles. The Hall–Kier alpha value is -1.43. The molecule has 6 nitrogen and oxygen atoms in total. The molecule has 0 radical (unpaired) electrons. The maximum atomic E-state index is 10.1. The Morgan fingerprint density at radius 1 is 0.783 bits per heavy atom. The van der Waals surface area contributed by atoms with Crippen molar-refractivity contribution < 1.29 is 29.0 Å². The number of esters is 2. The highest BCUT2D eigenvalue weighted by molar-refractivity contribution is 5.72. The predicted octanol–water partition coefficient (Wildman–Crippen LogP) is 3.29. The summed E-state index contributed by atoms with van der Waals surface area (Å²) < 4.78 is 9.05. The standard InChI is InChI=1S/C6H12O2.C4H8O2.C4H10O.C3H6O/c1-3-4-5-8-6(2)7;1-3-6-4(2)5;1-2-3-4-5;1-3(2)4/h3-5H2,1-2H3;3H2,1-2H3;5H,2-4H2,1H3;1-2H3. The van der Waals surface area contributed by atoms with E-state index in [1.54, 1.807) is 6.92 Å². The Morgan fingerprint density at radius 2 is 1.17 bits per heavy atom. The van der Waals surface area contributed by atoms with Crippen LogP contribution in [0.15, 0.2) is 0 Å². The first-order chi connectivity index (χ1) is 10.7. The van der Waals surface area contributed by atoms with Gasteiger partial charge in [-0.2, -0.15) is 0 Å². The minimum Gasteiger partial charge on any atom is -0.466 e. The number of ether oxygens (including phenoxy) is 2. The van der Waals surface area contributed by atoms with Gasteiger partial charge in [0, 0.05) is 20.5 Å². The van der Waals surface area contributed by atoms with E-state index in [2.05, 4.69) is 23.3 Å². The minimum atomic E-state index is -0.211. The first-order valence-electron chi connectivity index (χ1n) is 8.04. The third-order valence-corrected chi connectivity index (χ3v) is 1.66. The van der Waals surface area contributed by atoms with E-state index in [9.17, 15) is 14.4 Å². The van der Waals surface area contributed by atoms with E-state index < -0.39 is 0 Å². The maximum absolute atomic E-state index is 10.1. The molecular weight excluding hydrogens is 300 g/mol. The van der Waals surface area contributed by atoms with Crippen molar-refractivity contribution in [3.05, 3.63) is 0 Å². The molecule has 0 heterocycles. The van der Waals surface area contributed by atoms with Crippen LogP contribution in [0.1, 0.15) is 74.1 Å². The topological polar surface area (TPSA) is 89.9 Å². The molecule has 6 heteroatoms. The normalized spacial score (nSPS) is 8.00. The summed E-state index contributed by atoms with van der Waals surface area (Å²) in [6, 6.07) is 0. The molecule has 140 valence electrons. The molecule has 0 amide bonds. The van der Waals surface area contributed by atoms with Crippen LogP contribution in [-0.2, 0) is 23.9 Å². The first-order valence-corrected chi connectivity index (χ1v) is 8.04. The van der Waals surface area contributed by atoms with Crippen molar-refractivity contribution in [3.8, 4) is 0 Å². The van der Waals surface area contributed by atoms with Crippen LogP contribution in [0.4, 0.5) is 0 Å². The number of carbonyl (C=O) groups excluding carboxylic acids is 3. The van der Waals surface area contributed by atoms with Crippen molar-refractivity contribution in [1.82, 2.24) is 0 Å². The van der Waals surface area contributed by atoms with E-state index in [0.717, 1.165) is 25.7 Å². The molecular formula is C17H36O6. The van der Waals surface area contributed by atoms with Gasteiger partial charge in [0.2, 0.25) is 0 Å². The molecule has 0 saturated heterocycles. The van der Waals surface area contributed by atoms with Crippen LogP contribution in [0, 0.1) is 0 Å². The fourth-order valence-electron chi connectivity index (χ4n) is 0.722. The van der Waals surface area contributed by atoms with Gasteiger partial charge in [0.25, 0.3) is 0 Å². The molecule has 1 N–H and O–H groups in total. The zero-order valence-electron chi connectivity index (χ0n) is 15.9. The largest absolute Gasteiger partial charge is 0.466 e. The third kappa shape index (κ3) is 96.6. The van der Waals surface area contributed by atoms with Gasteiger partial charge < -0.3 is 19.4 Å². The second kappa shape index (κ2) is 28.7. The lowest BCUT2D eigenvalue weighted by atomic mass is 10.4. The monoisotopic (exact) mass is 336 g/mol. The van der Waals surface area contributed by atoms with Crippen molar-refractivity contribution in [2.45, 2.75) is 74.1 Å². The van der Waals surface area contributed by atoms with Gasteiger partial charge in [-0.05, 0) is 33.6 Å². The Balaban J connectivity index is -0.000000108. The maximum Gasteiger partial charge on any atom is 0.302 e. The van der Waals surface area contributed by atoms with Crippen LogP contribution in [0.25, 0.3) is 0 Å². The average Bonchev–Trinajstić information content (AvgIpc) is 2.40. The zero-order valence-corrected chi connectivity index (χ0v) is 15.9. The van der Waals surface area contributed by atoms with E-state index in [1.807, 2.05) is 0 Å². The molecule has 0 bridgehead atoms. The summed E-state index contributed by atoms with van der Waals surface area (Å²) in [5.74, 6) is -0.226. The van der Waals surface area contributed by atoms with E-state index in [-0.39, 0.29) is 17.7 Å². The van der Waals surface area contributed by atoms with E-state index in [4.69, 9.17) is 5.11 Å². The smallest absolute Gasteiger partial charge is 0.302 e. The Morgan fingerprint density at radius 3 is 1.30 bits per heavy atom. The summed E-state index contributed by atoms with van der Waals surface area (Å²) in [7, 11) is 0. The fourth-order valence-corrected chi connectivity index (χ4v) is 0.722. The van der Waals surface area contributed by atoms with Gasteiger partial charge in [0.1, 0.15) is 5.78 Å². The highest BCUT2D eigenvalue weighted by Gasteiger charge is 1.88. The second-order valence-electron chi connectivity index (χ2n) is 4.60. The quantitative estimate of drug-likeness (QED) is 0.591. The van der Waals surface area contributed by atoms with E-state index >= 15 is 0 Å². The van der Waals surface area contributed by atoms with Gasteiger partial charge in [-0.25, -0.2) is 0 Å². The average molecular weight is 336 g/mol. The molecule has 0 atom stereocenters. The minimum absolute atomic E-state index is 0.167. The molecule has 23 heavy (non-hydrogen) atoms. The SMILES string of the molecule is CC(C)=O.CCCCO.CCCCOC(C)=O.CCOC(C)=O. The molecule has 0 saturated carbocycles. The van der Waals surface area contributed by atoms with Crippen LogP contribution in [0.2, 0.25) is 0 Å². The van der Waals surface area contributed by atoms with Crippen molar-refractivity contribution >= 4 is 17.7 Å². The molecule has 0 unspecified atom stereocenters. The summed E-state index contributed by atoms with van der Waals surface area (Å²) in [5.41, 5.74) is 0. The van der Waals surface area contributed by atoms with Crippen LogP contribution in [-0.4, -0.2) is 42.6 Å². The highest BCUT2D eigenvalue weighted by atomic mass is 16.5. The number of rotatable bonds is 6. The number of unbranched alkanes of at least 4 members (excludes halogenated alkanes) is 2. The Kier molecular flexibility index (Phi) is 36.9. The van der Waals surface area contributed by atoms with Gasteiger partial charge in [0.05, 0.1) is 13.2 Å². The lowest BCUT2D eigenvalue weighted by Crippen LogP contribution is -1.99. The predicted molar refractivity (Wildman–Crippen MR) is 92.2 cm³/mol. The third-order valence-electron chi connectivity index (χ3n) is 1.66. The van der Waals surface area contributed by atoms with Gasteiger partial charge in [-0.1, -0.05) is 26.7 Å². The molecule has 0 aromatic rings. The number of hydrogen-bond donors (Lipinski definition) is 1. The highest BCUT2D eigenvalue weighted by Crippen LogP contribution is 1.86. The summed E-state index contributed by atoms with van der Waals surface area (Å²) in [5, 5.41) is 8.07. The summed E-state index contributed by atoms with van der Waals surface area (Å²) in [6.07, 6.45) is 4.09. The molecule has 0 spiro atoms. The second-order valence-corrected chi connectivity index (χ2v) is 4.60. The van der Waals surface area contributed by atoms with Crippen molar-refractivity contribution in [3.63, 3.8) is 0 Å². The van der Waals surface area contributed by atoms with Crippen molar-refractivity contribution in [1.29, 1.82) is 0 Å². The Bertz CT molecular complexity index is 258. The molecule has 0 aromatic heterocycles.